The van der Waals surface area contributed by atoms with E-state index in [4.69, 9.17) is 11.5 Å². The SMILES string of the molecule is Nc1c(S(=O)(=O)O)cc(NC2CCC(N)CC2)c2c1C(=O)c1ccccc1C2=O.[H-].[Na+]. The normalized spacial score (nSPS) is 20.7. The van der Waals surface area contributed by atoms with Crippen LogP contribution < -0.4 is 46.3 Å². The molecule has 30 heavy (non-hydrogen) atoms. The minimum absolute atomic E-state index is 0. The first-order chi connectivity index (χ1) is 13.7. The Morgan fingerprint density at radius 2 is 1.53 bits per heavy atom. The average Bonchev–Trinajstić information content (AvgIpc) is 2.68. The van der Waals surface area contributed by atoms with Gasteiger partial charge in [-0.25, -0.2) is 0 Å². The molecule has 0 heterocycles. The number of benzene rings is 2. The second-order valence-corrected chi connectivity index (χ2v) is 8.91. The van der Waals surface area contributed by atoms with E-state index in [2.05, 4.69) is 5.32 Å². The van der Waals surface area contributed by atoms with E-state index in [1.807, 2.05) is 0 Å². The van der Waals surface area contributed by atoms with Crippen molar-refractivity contribution in [2.75, 3.05) is 11.1 Å². The van der Waals surface area contributed by atoms with E-state index >= 15 is 0 Å². The van der Waals surface area contributed by atoms with Gasteiger partial charge in [-0.05, 0) is 31.7 Å². The molecule has 10 heteroatoms. The number of nitrogens with two attached hydrogens (primary N) is 2. The summed E-state index contributed by atoms with van der Waals surface area (Å²) in [5.41, 5.74) is 11.9. The van der Waals surface area contributed by atoms with Crippen molar-refractivity contribution in [2.24, 2.45) is 5.73 Å². The maximum absolute atomic E-state index is 13.2. The molecule has 0 bridgehead atoms. The van der Waals surface area contributed by atoms with E-state index in [0.29, 0.717) is 0 Å². The Hall–Kier alpha value is -1.75. The Balaban J connectivity index is 0.00000171. The number of ketones is 2. The zero-order valence-corrected chi connectivity index (χ0v) is 19.3. The molecule has 8 nitrogen and oxygen atoms in total. The van der Waals surface area contributed by atoms with Crippen LogP contribution in [0.25, 0.3) is 0 Å². The van der Waals surface area contributed by atoms with Gasteiger partial charge in [-0.15, -0.1) is 0 Å². The van der Waals surface area contributed by atoms with Gasteiger partial charge in [-0.1, -0.05) is 24.3 Å². The van der Waals surface area contributed by atoms with Crippen LogP contribution in [0.1, 0.15) is 59.0 Å². The summed E-state index contributed by atoms with van der Waals surface area (Å²) in [6.45, 7) is 0. The molecule has 2 aromatic rings. The summed E-state index contributed by atoms with van der Waals surface area (Å²) in [5.74, 6) is -0.967. The summed E-state index contributed by atoms with van der Waals surface area (Å²) in [6, 6.07) is 7.51. The standard InChI is InChI=1S/C20H21N3O5S.Na.H/c21-10-5-7-11(8-6-10)23-14-9-15(29(26,27)28)18(22)17-16(14)19(24)12-3-1-2-4-13(12)20(17)25;;/h1-4,9-11,23H,5-8,21-22H2,(H,26,27,28);;/q;+1;-1. The van der Waals surface area contributed by atoms with Crippen LogP contribution in [0.4, 0.5) is 11.4 Å². The topological polar surface area (TPSA) is 153 Å². The fraction of sp³-hybridized carbons (Fsp3) is 0.300. The minimum Gasteiger partial charge on any atom is -1.00 e. The molecule has 154 valence electrons. The number of rotatable bonds is 3. The molecule has 1 saturated carbocycles. The Bertz CT molecular complexity index is 1150. The zero-order valence-electron chi connectivity index (χ0n) is 17.5. The minimum atomic E-state index is -4.71. The maximum Gasteiger partial charge on any atom is 1.00 e. The van der Waals surface area contributed by atoms with Crippen LogP contribution in [0.2, 0.25) is 0 Å². The molecular formula is C20H22N3NaO5S. The van der Waals surface area contributed by atoms with E-state index < -0.39 is 32.3 Å². The van der Waals surface area contributed by atoms with Crippen LogP contribution in [0.3, 0.4) is 0 Å². The van der Waals surface area contributed by atoms with Gasteiger partial charge in [0.05, 0.1) is 16.8 Å². The van der Waals surface area contributed by atoms with Gasteiger partial charge >= 0.3 is 29.6 Å². The summed E-state index contributed by atoms with van der Waals surface area (Å²) >= 11 is 0. The van der Waals surface area contributed by atoms with Crippen LogP contribution in [0.5, 0.6) is 0 Å². The number of hydrogen-bond acceptors (Lipinski definition) is 7. The van der Waals surface area contributed by atoms with E-state index in [1.54, 1.807) is 18.2 Å². The molecule has 2 aromatic carbocycles. The Morgan fingerprint density at radius 3 is 2.07 bits per heavy atom. The number of hydrogen-bond donors (Lipinski definition) is 4. The van der Waals surface area contributed by atoms with Gasteiger partial charge in [-0.2, -0.15) is 8.42 Å². The summed E-state index contributed by atoms with van der Waals surface area (Å²) in [5, 5.41) is 3.19. The van der Waals surface area contributed by atoms with Gasteiger partial charge in [0, 0.05) is 28.9 Å². The first-order valence-electron chi connectivity index (χ1n) is 9.33. The summed E-state index contributed by atoms with van der Waals surface area (Å²) in [4.78, 5) is 25.7. The number of fused-ring (bicyclic) bond motifs is 2. The third-order valence-electron chi connectivity index (χ3n) is 5.61. The van der Waals surface area contributed by atoms with Crippen LogP contribution in [-0.2, 0) is 10.1 Å². The molecule has 0 aliphatic heterocycles. The number of anilines is 2. The second kappa shape index (κ2) is 8.41. The van der Waals surface area contributed by atoms with Gasteiger partial charge < -0.3 is 18.2 Å². The molecule has 6 N–H and O–H groups in total. The molecule has 2 aliphatic carbocycles. The zero-order chi connectivity index (χ0) is 20.9. The second-order valence-electron chi connectivity index (χ2n) is 7.52. The maximum atomic E-state index is 13.2. The van der Waals surface area contributed by atoms with Gasteiger partial charge in [-0.3, -0.25) is 14.1 Å². The fourth-order valence-electron chi connectivity index (χ4n) is 4.10. The van der Waals surface area contributed by atoms with Crippen LogP contribution >= 0.6 is 0 Å². The van der Waals surface area contributed by atoms with Gasteiger partial charge in [0.25, 0.3) is 10.1 Å². The molecule has 4 rings (SSSR count). The smallest absolute Gasteiger partial charge is 1.00 e. The van der Waals surface area contributed by atoms with E-state index in [0.717, 1.165) is 31.7 Å². The third kappa shape index (κ3) is 3.93. The van der Waals surface area contributed by atoms with Crippen LogP contribution in [0.15, 0.2) is 35.2 Å². The molecule has 0 saturated heterocycles. The Kier molecular flexibility index (Phi) is 6.43. The number of carbonyl (C=O) groups is 2. The molecule has 0 radical (unpaired) electrons. The molecule has 0 spiro atoms. The molecule has 2 aliphatic rings. The molecule has 0 unspecified atom stereocenters. The predicted octanol–water partition coefficient (Wildman–Crippen LogP) is -0.911. The fourth-order valence-corrected chi connectivity index (χ4v) is 4.75. The summed E-state index contributed by atoms with van der Waals surface area (Å²) < 4.78 is 33.4. The monoisotopic (exact) mass is 439 g/mol. The van der Waals surface area contributed by atoms with Crippen molar-refractivity contribution in [3.05, 3.63) is 52.6 Å². The van der Waals surface area contributed by atoms with Gasteiger partial charge in [0.15, 0.2) is 11.6 Å². The van der Waals surface area contributed by atoms with Crippen molar-refractivity contribution in [2.45, 2.75) is 42.7 Å². The number of nitrogens with one attached hydrogen (secondary N) is 1. The van der Waals surface area contributed by atoms with Gasteiger partial charge in [0.2, 0.25) is 0 Å². The molecule has 0 amide bonds. The van der Waals surface area contributed by atoms with E-state index in [1.165, 1.54) is 6.07 Å². The Morgan fingerprint density at radius 1 is 1.00 bits per heavy atom. The first kappa shape index (κ1) is 22.9. The average molecular weight is 439 g/mol. The first-order valence-corrected chi connectivity index (χ1v) is 10.8. The third-order valence-corrected chi connectivity index (χ3v) is 6.50. The van der Waals surface area contributed by atoms with Crippen molar-refractivity contribution >= 4 is 33.1 Å². The van der Waals surface area contributed by atoms with Crippen molar-refractivity contribution in [3.63, 3.8) is 0 Å². The van der Waals surface area contributed by atoms with Gasteiger partial charge in [0.1, 0.15) is 4.90 Å². The van der Waals surface area contributed by atoms with E-state index in [9.17, 15) is 22.6 Å². The predicted molar refractivity (Wildman–Crippen MR) is 109 cm³/mol. The largest absolute Gasteiger partial charge is 1.00 e. The molecule has 1 fully saturated rings. The van der Waals surface area contributed by atoms with Crippen LogP contribution in [0, 0.1) is 0 Å². The van der Waals surface area contributed by atoms with Crippen molar-refractivity contribution in [3.8, 4) is 0 Å². The van der Waals surface area contributed by atoms with Crippen molar-refractivity contribution < 1.29 is 53.5 Å². The van der Waals surface area contributed by atoms with Crippen molar-refractivity contribution in [1.82, 2.24) is 0 Å². The quantitative estimate of drug-likeness (QED) is 0.232. The molecular weight excluding hydrogens is 417 g/mol. The Labute approximate surface area is 197 Å². The summed E-state index contributed by atoms with van der Waals surface area (Å²) in [6.07, 6.45) is 3.05. The van der Waals surface area contributed by atoms with Crippen LogP contribution in [-0.4, -0.2) is 36.6 Å². The van der Waals surface area contributed by atoms with Crippen molar-refractivity contribution in [1.29, 1.82) is 0 Å². The number of nitrogen functional groups attached to an aromatic ring is 1. The molecule has 0 aromatic heterocycles. The summed E-state index contributed by atoms with van der Waals surface area (Å²) in [7, 11) is -4.71. The van der Waals surface area contributed by atoms with E-state index in [-0.39, 0.29) is 71.0 Å². The molecule has 0 atom stereocenters. The number of carbonyl (C=O) groups excluding carboxylic acids is 2.